The normalized spacial score (nSPS) is 10.8. The number of nitrogens with one attached hydrogen (secondary N) is 1. The molecule has 0 bridgehead atoms. The summed E-state index contributed by atoms with van der Waals surface area (Å²) in [5.41, 5.74) is 6.15. The number of benzene rings is 3. The quantitative estimate of drug-likeness (QED) is 0.246. The van der Waals surface area contributed by atoms with E-state index in [1.165, 1.54) is 0 Å². The highest BCUT2D eigenvalue weighted by Gasteiger charge is 2.16. The molecule has 5 aromatic rings. The number of nitrogens with zero attached hydrogens (tertiary/aromatic N) is 2. The Bertz CT molecular complexity index is 1510. The van der Waals surface area contributed by atoms with E-state index in [1.54, 1.807) is 6.20 Å². The fourth-order valence-electron chi connectivity index (χ4n) is 4.22. The first-order valence-electron chi connectivity index (χ1n) is 12.0. The van der Waals surface area contributed by atoms with Crippen molar-refractivity contribution in [3.8, 4) is 22.7 Å². The molecule has 3 aromatic carbocycles. The van der Waals surface area contributed by atoms with Gasteiger partial charge in [-0.1, -0.05) is 54.1 Å². The molecule has 1 amide bonds. The summed E-state index contributed by atoms with van der Waals surface area (Å²) in [6.07, 6.45) is 1.71. The molecule has 0 spiro atoms. The second kappa shape index (κ2) is 11.1. The fourth-order valence-corrected chi connectivity index (χ4v) is 4.39. The van der Waals surface area contributed by atoms with Crippen molar-refractivity contribution in [1.29, 1.82) is 0 Å². The van der Waals surface area contributed by atoms with Crippen molar-refractivity contribution in [1.82, 2.24) is 14.9 Å². The van der Waals surface area contributed by atoms with E-state index in [0.717, 1.165) is 39.6 Å². The second-order valence-electron chi connectivity index (χ2n) is 8.66. The van der Waals surface area contributed by atoms with E-state index in [-0.39, 0.29) is 5.91 Å². The molecule has 0 atom stereocenters. The van der Waals surface area contributed by atoms with Crippen LogP contribution in [0.5, 0.6) is 5.75 Å². The Morgan fingerprint density at radius 1 is 0.919 bits per heavy atom. The first kappa shape index (κ1) is 24.3. The Morgan fingerprint density at radius 2 is 1.76 bits per heavy atom. The van der Waals surface area contributed by atoms with Crippen molar-refractivity contribution in [3.63, 3.8) is 0 Å². The number of carbonyl (C=O) groups excluding carboxylic acids is 1. The molecule has 0 aliphatic heterocycles. The average Bonchev–Trinajstić information content (AvgIpc) is 3.33. The van der Waals surface area contributed by atoms with Crippen LogP contribution in [0.3, 0.4) is 0 Å². The molecule has 5 nitrogen and oxygen atoms in total. The van der Waals surface area contributed by atoms with E-state index >= 15 is 0 Å². The molecule has 1 N–H and O–H groups in total. The summed E-state index contributed by atoms with van der Waals surface area (Å²) < 4.78 is 8.33. The third-order valence-corrected chi connectivity index (χ3v) is 6.29. The van der Waals surface area contributed by atoms with Gasteiger partial charge in [0.05, 0.1) is 17.9 Å². The number of pyridine rings is 1. The number of amides is 1. The Balaban J connectivity index is 1.44. The molecular formula is C31H26ClN3O2. The average molecular weight is 508 g/mol. The fraction of sp³-hybridized carbons (Fsp3) is 0.0968. The Kier molecular flexibility index (Phi) is 7.33. The van der Waals surface area contributed by atoms with Crippen LogP contribution in [0, 0.1) is 6.92 Å². The molecule has 2 aromatic heterocycles. The minimum absolute atomic E-state index is 0.159. The third kappa shape index (κ3) is 5.74. The largest absolute Gasteiger partial charge is 0.488 e. The first-order valence-corrected chi connectivity index (χ1v) is 12.4. The lowest BCUT2D eigenvalue weighted by atomic mass is 10.1. The Hall–Kier alpha value is -4.35. The van der Waals surface area contributed by atoms with Gasteiger partial charge in [0, 0.05) is 33.7 Å². The van der Waals surface area contributed by atoms with Crippen LogP contribution in [-0.2, 0) is 13.2 Å². The van der Waals surface area contributed by atoms with Crippen LogP contribution in [0.1, 0.15) is 27.3 Å². The number of ether oxygens (including phenoxy) is 1. The van der Waals surface area contributed by atoms with Gasteiger partial charge in [-0.15, -0.1) is 0 Å². The van der Waals surface area contributed by atoms with Gasteiger partial charge in [-0.3, -0.25) is 9.78 Å². The summed E-state index contributed by atoms with van der Waals surface area (Å²) in [5, 5.41) is 3.57. The standard InChI is InChI=1S/C31H26ClN3O2/c1-22-13-15-29(28-19-25(32)14-16-30(28)37-21-23-8-3-2-4-9-23)35(22)27-12-7-10-24(18-27)31(36)34-20-26-11-5-6-17-33-26/h2-19H,20-21H2,1H3,(H,34,36). The van der Waals surface area contributed by atoms with Crippen LogP contribution >= 0.6 is 11.6 Å². The first-order chi connectivity index (χ1) is 18.1. The van der Waals surface area contributed by atoms with Crippen molar-refractivity contribution < 1.29 is 9.53 Å². The van der Waals surface area contributed by atoms with Crippen LogP contribution in [0.2, 0.25) is 5.02 Å². The maximum atomic E-state index is 12.9. The molecule has 0 aliphatic rings. The zero-order valence-corrected chi connectivity index (χ0v) is 21.2. The van der Waals surface area contributed by atoms with Crippen LogP contribution < -0.4 is 10.1 Å². The third-order valence-electron chi connectivity index (χ3n) is 6.05. The van der Waals surface area contributed by atoms with Gasteiger partial charge >= 0.3 is 0 Å². The van der Waals surface area contributed by atoms with Gasteiger partial charge in [0.1, 0.15) is 12.4 Å². The molecule has 6 heteroatoms. The second-order valence-corrected chi connectivity index (χ2v) is 9.10. The summed E-state index contributed by atoms with van der Waals surface area (Å²) in [6, 6.07) is 33.0. The predicted octanol–water partition coefficient (Wildman–Crippen LogP) is 7.01. The SMILES string of the molecule is Cc1ccc(-c2cc(Cl)ccc2OCc2ccccc2)n1-c1cccc(C(=O)NCc2ccccn2)c1. The number of hydrogen-bond donors (Lipinski definition) is 1. The maximum absolute atomic E-state index is 12.9. The molecule has 0 aliphatic carbocycles. The highest BCUT2D eigenvalue weighted by molar-refractivity contribution is 6.31. The van der Waals surface area contributed by atoms with Gasteiger partial charge in [0.25, 0.3) is 5.91 Å². The zero-order chi connectivity index (χ0) is 25.6. The van der Waals surface area contributed by atoms with Crippen LogP contribution in [0.15, 0.2) is 109 Å². The molecular weight excluding hydrogens is 482 g/mol. The van der Waals surface area contributed by atoms with Crippen molar-refractivity contribution in [3.05, 3.63) is 137 Å². The predicted molar refractivity (Wildman–Crippen MR) is 147 cm³/mol. The number of carbonyl (C=O) groups is 1. The molecule has 0 saturated heterocycles. The maximum Gasteiger partial charge on any atom is 0.251 e. The van der Waals surface area contributed by atoms with Crippen LogP contribution in [-0.4, -0.2) is 15.5 Å². The molecule has 2 heterocycles. The Morgan fingerprint density at radius 3 is 2.57 bits per heavy atom. The highest BCUT2D eigenvalue weighted by Crippen LogP contribution is 2.36. The van der Waals surface area contributed by atoms with Crippen molar-refractivity contribution in [2.24, 2.45) is 0 Å². The molecule has 0 saturated carbocycles. The van der Waals surface area contributed by atoms with E-state index in [1.807, 2.05) is 110 Å². The van der Waals surface area contributed by atoms with E-state index in [2.05, 4.69) is 14.9 Å². The van der Waals surface area contributed by atoms with E-state index in [4.69, 9.17) is 16.3 Å². The summed E-state index contributed by atoms with van der Waals surface area (Å²) >= 11 is 6.42. The summed E-state index contributed by atoms with van der Waals surface area (Å²) in [6.45, 7) is 2.84. The molecule has 37 heavy (non-hydrogen) atoms. The lowest BCUT2D eigenvalue weighted by Gasteiger charge is -2.17. The van der Waals surface area contributed by atoms with E-state index < -0.39 is 0 Å². The summed E-state index contributed by atoms with van der Waals surface area (Å²) in [4.78, 5) is 17.2. The molecule has 0 radical (unpaired) electrons. The van der Waals surface area contributed by atoms with Gasteiger partial charge in [-0.2, -0.15) is 0 Å². The van der Waals surface area contributed by atoms with Gasteiger partial charge in [0.15, 0.2) is 0 Å². The van der Waals surface area contributed by atoms with Gasteiger partial charge in [-0.05, 0) is 73.2 Å². The van der Waals surface area contributed by atoms with Crippen LogP contribution in [0.4, 0.5) is 0 Å². The van der Waals surface area contributed by atoms with Crippen molar-refractivity contribution in [2.45, 2.75) is 20.1 Å². The smallest absolute Gasteiger partial charge is 0.251 e. The molecule has 184 valence electrons. The molecule has 5 rings (SSSR count). The lowest BCUT2D eigenvalue weighted by molar-refractivity contribution is 0.0950. The van der Waals surface area contributed by atoms with E-state index in [0.29, 0.717) is 23.7 Å². The van der Waals surface area contributed by atoms with Gasteiger partial charge < -0.3 is 14.6 Å². The van der Waals surface area contributed by atoms with Crippen molar-refractivity contribution >= 4 is 17.5 Å². The topological polar surface area (TPSA) is 56.1 Å². The minimum Gasteiger partial charge on any atom is -0.488 e. The number of halogens is 1. The number of aryl methyl sites for hydroxylation is 1. The highest BCUT2D eigenvalue weighted by atomic mass is 35.5. The lowest BCUT2D eigenvalue weighted by Crippen LogP contribution is -2.23. The Labute approximate surface area is 221 Å². The zero-order valence-electron chi connectivity index (χ0n) is 20.4. The van der Waals surface area contributed by atoms with Crippen molar-refractivity contribution in [2.75, 3.05) is 0 Å². The molecule has 0 unspecified atom stereocenters. The van der Waals surface area contributed by atoms with Gasteiger partial charge in [-0.25, -0.2) is 0 Å². The number of aromatic nitrogens is 2. The monoisotopic (exact) mass is 507 g/mol. The van der Waals surface area contributed by atoms with E-state index in [9.17, 15) is 4.79 Å². The summed E-state index contributed by atoms with van der Waals surface area (Å²) in [5.74, 6) is 0.574. The van der Waals surface area contributed by atoms with Gasteiger partial charge in [0.2, 0.25) is 0 Å². The number of rotatable bonds is 8. The summed E-state index contributed by atoms with van der Waals surface area (Å²) in [7, 11) is 0. The minimum atomic E-state index is -0.159. The number of hydrogen-bond acceptors (Lipinski definition) is 3. The van der Waals surface area contributed by atoms with Crippen LogP contribution in [0.25, 0.3) is 16.9 Å². The molecule has 0 fully saturated rings.